The Morgan fingerprint density at radius 3 is 2.26 bits per heavy atom. The number of fused-ring (bicyclic) bond motifs is 2. The highest BCUT2D eigenvalue weighted by atomic mass is 79.9. The van der Waals surface area contributed by atoms with Crippen molar-refractivity contribution in [1.29, 1.82) is 0 Å². The van der Waals surface area contributed by atoms with Crippen LogP contribution in [0.25, 0.3) is 16.5 Å². The number of rotatable bonds is 1. The van der Waals surface area contributed by atoms with E-state index in [2.05, 4.69) is 36.8 Å². The third-order valence-corrected chi connectivity index (χ3v) is 5.23. The van der Waals surface area contributed by atoms with Crippen molar-refractivity contribution in [3.8, 4) is 0 Å². The van der Waals surface area contributed by atoms with Crippen molar-refractivity contribution in [3.05, 3.63) is 74.3 Å². The average molecular weight is 431 g/mol. The highest BCUT2D eigenvalue weighted by Crippen LogP contribution is 2.38. The fourth-order valence-corrected chi connectivity index (χ4v) is 3.85. The molecule has 0 bridgehead atoms. The molecule has 112 valence electrons. The summed E-state index contributed by atoms with van der Waals surface area (Å²) in [6.07, 6.45) is 1.77. The number of Topliss-reactive ketones (excluding diaryl/α,β-unsaturated/α-hetero) is 2. The van der Waals surface area contributed by atoms with Crippen LogP contribution in [-0.4, -0.2) is 16.6 Å². The van der Waals surface area contributed by atoms with E-state index in [1.807, 2.05) is 18.2 Å². The van der Waals surface area contributed by atoms with Crippen LogP contribution in [0.4, 0.5) is 0 Å². The number of benzene rings is 2. The molecule has 4 rings (SSSR count). The van der Waals surface area contributed by atoms with Gasteiger partial charge in [-0.1, -0.05) is 40.2 Å². The van der Waals surface area contributed by atoms with Crippen LogP contribution < -0.4 is 0 Å². The van der Waals surface area contributed by atoms with E-state index >= 15 is 0 Å². The zero-order chi connectivity index (χ0) is 16.1. The van der Waals surface area contributed by atoms with Crippen LogP contribution in [0.2, 0.25) is 0 Å². The van der Waals surface area contributed by atoms with Gasteiger partial charge in [0.1, 0.15) is 0 Å². The van der Waals surface area contributed by atoms with E-state index in [-0.39, 0.29) is 11.6 Å². The van der Waals surface area contributed by atoms with Crippen molar-refractivity contribution in [2.75, 3.05) is 0 Å². The van der Waals surface area contributed by atoms with E-state index in [9.17, 15) is 9.59 Å². The largest absolute Gasteiger partial charge is 0.361 e. The highest BCUT2D eigenvalue weighted by molar-refractivity contribution is 9.12. The molecule has 0 saturated heterocycles. The van der Waals surface area contributed by atoms with Gasteiger partial charge in [-0.25, -0.2) is 0 Å². The molecule has 0 atom stereocenters. The molecule has 0 fully saturated rings. The molecule has 0 radical (unpaired) electrons. The first-order chi connectivity index (χ1) is 11.1. The molecular formula is C18H9Br2NO2. The number of aromatic nitrogens is 1. The summed E-state index contributed by atoms with van der Waals surface area (Å²) in [5.74, 6) is -0.313. The van der Waals surface area contributed by atoms with E-state index in [0.717, 1.165) is 20.9 Å². The Balaban J connectivity index is 2.01. The molecular weight excluding hydrogens is 422 g/mol. The quantitative estimate of drug-likeness (QED) is 0.582. The third kappa shape index (κ3) is 2.15. The summed E-state index contributed by atoms with van der Waals surface area (Å²) in [4.78, 5) is 28.7. The number of aromatic amines is 1. The number of ketones is 2. The summed E-state index contributed by atoms with van der Waals surface area (Å²) in [6, 6.07) is 12.7. The Kier molecular flexibility index (Phi) is 3.36. The summed E-state index contributed by atoms with van der Waals surface area (Å²) in [5, 5.41) is 0.895. The molecule has 0 amide bonds. The van der Waals surface area contributed by atoms with Crippen molar-refractivity contribution in [2.45, 2.75) is 0 Å². The molecule has 1 aromatic heterocycles. The molecule has 0 spiro atoms. The number of H-pyrrole nitrogens is 1. The number of allylic oxidation sites excluding steroid dienone is 2. The number of carbonyl (C=O) groups excluding carboxylic acids is 2. The molecule has 23 heavy (non-hydrogen) atoms. The lowest BCUT2D eigenvalue weighted by atomic mass is 9.86. The normalized spacial score (nSPS) is 14.5. The zero-order valence-electron chi connectivity index (χ0n) is 11.7. The van der Waals surface area contributed by atoms with Gasteiger partial charge in [-0.15, -0.1) is 0 Å². The minimum atomic E-state index is -0.167. The van der Waals surface area contributed by atoms with Crippen molar-refractivity contribution in [2.24, 2.45) is 0 Å². The lowest BCUT2D eigenvalue weighted by Gasteiger charge is -2.17. The van der Waals surface area contributed by atoms with Crippen LogP contribution in [0.1, 0.15) is 26.3 Å². The topological polar surface area (TPSA) is 49.9 Å². The van der Waals surface area contributed by atoms with Crippen LogP contribution in [0.15, 0.2) is 57.6 Å². The molecule has 1 aliphatic carbocycles. The monoisotopic (exact) mass is 429 g/mol. The van der Waals surface area contributed by atoms with Gasteiger partial charge < -0.3 is 4.98 Å². The van der Waals surface area contributed by atoms with Gasteiger partial charge in [-0.3, -0.25) is 9.59 Å². The number of nitrogens with one attached hydrogen (secondary N) is 1. The van der Waals surface area contributed by atoms with E-state index < -0.39 is 0 Å². The average Bonchev–Trinajstić information content (AvgIpc) is 2.96. The van der Waals surface area contributed by atoms with E-state index in [4.69, 9.17) is 0 Å². The Morgan fingerprint density at radius 1 is 0.826 bits per heavy atom. The summed E-state index contributed by atoms with van der Waals surface area (Å²) in [5.41, 5.74) is 2.92. The van der Waals surface area contributed by atoms with Crippen LogP contribution in [0, 0.1) is 0 Å². The van der Waals surface area contributed by atoms with Gasteiger partial charge in [0.15, 0.2) is 5.78 Å². The molecule has 0 saturated carbocycles. The van der Waals surface area contributed by atoms with Gasteiger partial charge in [0.2, 0.25) is 5.78 Å². The molecule has 1 heterocycles. The number of hydrogen-bond acceptors (Lipinski definition) is 2. The summed E-state index contributed by atoms with van der Waals surface area (Å²) >= 11 is 6.79. The standard InChI is InChI=1S/C18H9Br2NO2/c19-9-5-6-14-12(7-9)13(8-21-14)15-16(20)18(23)11-4-2-1-3-10(11)17(15)22/h1-8,21H. The third-order valence-electron chi connectivity index (χ3n) is 3.98. The molecule has 0 unspecified atom stereocenters. The summed E-state index contributed by atoms with van der Waals surface area (Å²) in [6.45, 7) is 0. The minimum absolute atomic E-state index is 0.145. The number of carbonyl (C=O) groups is 2. The van der Waals surface area contributed by atoms with Gasteiger partial charge in [0, 0.05) is 38.3 Å². The molecule has 1 N–H and O–H groups in total. The predicted molar refractivity (Wildman–Crippen MR) is 96.9 cm³/mol. The first kappa shape index (κ1) is 14.6. The summed E-state index contributed by atoms with van der Waals surface area (Å²) < 4.78 is 1.22. The van der Waals surface area contributed by atoms with Gasteiger partial charge >= 0.3 is 0 Å². The van der Waals surface area contributed by atoms with Crippen LogP contribution >= 0.6 is 31.9 Å². The Labute approximate surface area is 148 Å². The second-order valence-electron chi connectivity index (χ2n) is 5.29. The zero-order valence-corrected chi connectivity index (χ0v) is 14.9. The Hall–Kier alpha value is -1.98. The predicted octanol–water partition coefficient (Wildman–Crippen LogP) is 5.12. The van der Waals surface area contributed by atoms with Crippen LogP contribution in [0.3, 0.4) is 0 Å². The second-order valence-corrected chi connectivity index (χ2v) is 6.99. The molecule has 2 aromatic carbocycles. The van der Waals surface area contributed by atoms with Gasteiger partial charge in [-0.2, -0.15) is 0 Å². The maximum Gasteiger partial charge on any atom is 0.201 e. The number of halogens is 2. The lowest BCUT2D eigenvalue weighted by Crippen LogP contribution is -2.18. The van der Waals surface area contributed by atoms with Crippen LogP contribution in [0.5, 0.6) is 0 Å². The smallest absolute Gasteiger partial charge is 0.201 e. The van der Waals surface area contributed by atoms with E-state index in [1.54, 1.807) is 30.5 Å². The maximum atomic E-state index is 12.9. The fraction of sp³-hybridized carbons (Fsp3) is 0. The minimum Gasteiger partial charge on any atom is -0.361 e. The first-order valence-corrected chi connectivity index (χ1v) is 8.51. The highest BCUT2D eigenvalue weighted by Gasteiger charge is 2.32. The molecule has 3 aromatic rings. The van der Waals surface area contributed by atoms with E-state index in [1.165, 1.54) is 0 Å². The lowest BCUT2D eigenvalue weighted by molar-refractivity contribution is 0.0999. The van der Waals surface area contributed by atoms with Gasteiger partial charge in [0.25, 0.3) is 0 Å². The molecule has 0 aliphatic heterocycles. The summed E-state index contributed by atoms with van der Waals surface area (Å²) in [7, 11) is 0. The molecule has 5 heteroatoms. The second kappa shape index (κ2) is 5.28. The van der Waals surface area contributed by atoms with E-state index in [0.29, 0.717) is 21.2 Å². The van der Waals surface area contributed by atoms with Gasteiger partial charge in [-0.05, 0) is 34.1 Å². The van der Waals surface area contributed by atoms with Crippen molar-refractivity contribution in [1.82, 2.24) is 4.98 Å². The van der Waals surface area contributed by atoms with Gasteiger partial charge in [0.05, 0.1) is 10.1 Å². The Bertz CT molecular complexity index is 1030. The maximum absolute atomic E-state index is 12.9. The molecule has 1 aliphatic rings. The van der Waals surface area contributed by atoms with Crippen LogP contribution in [-0.2, 0) is 0 Å². The van der Waals surface area contributed by atoms with Crippen molar-refractivity contribution in [3.63, 3.8) is 0 Å². The Morgan fingerprint density at radius 2 is 1.52 bits per heavy atom. The SMILES string of the molecule is O=C1C(Br)=C(c2c[nH]c3ccc(Br)cc23)C(=O)c2ccccc21. The number of hydrogen-bond donors (Lipinski definition) is 1. The first-order valence-electron chi connectivity index (χ1n) is 6.93. The molecule has 3 nitrogen and oxygen atoms in total. The van der Waals surface area contributed by atoms with Crippen molar-refractivity contribution >= 4 is 59.9 Å². The fourth-order valence-electron chi connectivity index (χ4n) is 2.89. The van der Waals surface area contributed by atoms with Crippen molar-refractivity contribution < 1.29 is 9.59 Å².